The molecule has 5 nitrogen and oxygen atoms in total. The molecule has 0 amide bonds. The predicted octanol–water partition coefficient (Wildman–Crippen LogP) is 6.87. The van der Waals surface area contributed by atoms with Crippen molar-refractivity contribution in [2.45, 2.75) is 14.1 Å². The van der Waals surface area contributed by atoms with E-state index in [1.165, 1.54) is 29.2 Å². The van der Waals surface area contributed by atoms with Gasteiger partial charge in [-0.05, 0) is 46.3 Å². The summed E-state index contributed by atoms with van der Waals surface area (Å²) in [6.45, 7) is 0. The molecule has 4 aromatic carbocycles. The van der Waals surface area contributed by atoms with E-state index in [1.54, 1.807) is 48.5 Å². The number of halogens is 1. The summed E-state index contributed by atoms with van der Waals surface area (Å²) in [5.41, 5.74) is 1.27. The number of nitrogens with one attached hydrogen (secondary N) is 1. The van der Waals surface area contributed by atoms with E-state index in [0.29, 0.717) is 25.8 Å². The average molecular weight is 543 g/mol. The van der Waals surface area contributed by atoms with E-state index in [4.69, 9.17) is 0 Å². The highest BCUT2D eigenvalue weighted by Crippen LogP contribution is 2.44. The molecule has 0 saturated carbocycles. The van der Waals surface area contributed by atoms with Crippen LogP contribution in [0.3, 0.4) is 0 Å². The third kappa shape index (κ3) is 3.97. The van der Waals surface area contributed by atoms with E-state index in [2.05, 4.69) is 25.6 Å². The van der Waals surface area contributed by atoms with Gasteiger partial charge in [0.1, 0.15) is 10.6 Å². The molecule has 5 aromatic rings. The van der Waals surface area contributed by atoms with Gasteiger partial charge in [-0.15, -0.1) is 11.3 Å². The van der Waals surface area contributed by atoms with Crippen molar-refractivity contribution < 1.29 is 13.5 Å². The number of thiazole rings is 1. The lowest BCUT2D eigenvalue weighted by Gasteiger charge is -2.15. The largest absolute Gasteiger partial charge is 0.506 e. The Hall–Kier alpha value is -2.59. The van der Waals surface area contributed by atoms with Crippen LogP contribution in [0.15, 0.2) is 97.5 Å². The number of phenolic OH excluding ortho intramolecular Hbond substituents is 1. The molecule has 0 aliphatic heterocycles. The molecule has 1 heterocycles. The average Bonchev–Trinajstić information content (AvgIpc) is 3.19. The van der Waals surface area contributed by atoms with Crippen molar-refractivity contribution in [3.63, 3.8) is 0 Å². The maximum atomic E-state index is 13.1. The number of aromatic hydroxyl groups is 1. The first kappa shape index (κ1) is 21.3. The third-order valence-corrected chi connectivity index (χ3v) is 9.33. The van der Waals surface area contributed by atoms with E-state index in [9.17, 15) is 13.5 Å². The number of fused-ring (bicyclic) bond motifs is 2. The number of rotatable bonds is 5. The Morgan fingerprint density at radius 3 is 2.41 bits per heavy atom. The summed E-state index contributed by atoms with van der Waals surface area (Å²) in [4.78, 5) is 5.28. The summed E-state index contributed by atoms with van der Waals surface area (Å²) >= 11 is 6.14. The molecule has 0 saturated heterocycles. The minimum absolute atomic E-state index is 0.0914. The third-order valence-electron chi connectivity index (χ3n) is 4.82. The van der Waals surface area contributed by atoms with Gasteiger partial charge in [-0.1, -0.05) is 60.3 Å². The Kier molecular flexibility index (Phi) is 5.58. The molecular formula is C23H15BrN2O3S3. The van der Waals surface area contributed by atoms with Crippen LogP contribution in [0, 0.1) is 0 Å². The normalized spacial score (nSPS) is 11.8. The molecule has 9 heteroatoms. The zero-order valence-electron chi connectivity index (χ0n) is 16.3. The van der Waals surface area contributed by atoms with Gasteiger partial charge in [0, 0.05) is 15.2 Å². The van der Waals surface area contributed by atoms with Crippen LogP contribution in [0.5, 0.6) is 5.75 Å². The monoisotopic (exact) mass is 542 g/mol. The molecule has 0 atom stereocenters. The highest BCUT2D eigenvalue weighted by Gasteiger charge is 2.21. The maximum absolute atomic E-state index is 13.1. The van der Waals surface area contributed by atoms with Crippen molar-refractivity contribution in [1.82, 2.24) is 4.98 Å². The molecule has 5 rings (SSSR count). The first-order valence-electron chi connectivity index (χ1n) is 9.48. The fraction of sp³-hybridized carbons (Fsp3) is 0. The Labute approximate surface area is 201 Å². The molecule has 32 heavy (non-hydrogen) atoms. The second-order valence-electron chi connectivity index (χ2n) is 6.90. The number of sulfonamides is 1. The zero-order chi connectivity index (χ0) is 22.3. The molecule has 0 fully saturated rings. The highest BCUT2D eigenvalue weighted by molar-refractivity contribution is 9.10. The Balaban J connectivity index is 1.61. The Bertz CT molecular complexity index is 1550. The van der Waals surface area contributed by atoms with Crippen molar-refractivity contribution in [2.24, 2.45) is 0 Å². The van der Waals surface area contributed by atoms with E-state index in [-0.39, 0.29) is 10.6 Å². The van der Waals surface area contributed by atoms with Gasteiger partial charge in [-0.3, -0.25) is 4.72 Å². The van der Waals surface area contributed by atoms with Gasteiger partial charge in [-0.2, -0.15) is 0 Å². The van der Waals surface area contributed by atoms with Crippen molar-refractivity contribution in [2.75, 3.05) is 4.72 Å². The smallest absolute Gasteiger partial charge is 0.263 e. The van der Waals surface area contributed by atoms with Crippen LogP contribution in [-0.2, 0) is 10.0 Å². The maximum Gasteiger partial charge on any atom is 0.263 e. The van der Waals surface area contributed by atoms with Crippen molar-refractivity contribution in [1.29, 1.82) is 0 Å². The summed E-state index contributed by atoms with van der Waals surface area (Å²) in [6, 6.07) is 23.3. The van der Waals surface area contributed by atoms with Crippen molar-refractivity contribution in [3.8, 4) is 5.75 Å². The van der Waals surface area contributed by atoms with Gasteiger partial charge in [0.15, 0.2) is 4.34 Å². The Morgan fingerprint density at radius 2 is 1.62 bits per heavy atom. The van der Waals surface area contributed by atoms with Gasteiger partial charge in [0.25, 0.3) is 10.0 Å². The first-order valence-corrected chi connectivity index (χ1v) is 13.4. The lowest BCUT2D eigenvalue weighted by Crippen LogP contribution is -2.14. The molecule has 1 aromatic heterocycles. The lowest BCUT2D eigenvalue weighted by molar-refractivity contribution is 0.469. The topological polar surface area (TPSA) is 79.3 Å². The fourth-order valence-corrected chi connectivity index (χ4v) is 7.54. The van der Waals surface area contributed by atoms with Gasteiger partial charge in [0.05, 0.1) is 20.8 Å². The van der Waals surface area contributed by atoms with Crippen LogP contribution >= 0.6 is 39.0 Å². The zero-order valence-corrected chi connectivity index (χ0v) is 20.4. The molecule has 0 aliphatic rings. The van der Waals surface area contributed by atoms with Crippen LogP contribution < -0.4 is 4.72 Å². The number of hydrogen-bond donors (Lipinski definition) is 2. The van der Waals surface area contributed by atoms with Gasteiger partial charge >= 0.3 is 0 Å². The number of hydrogen-bond acceptors (Lipinski definition) is 6. The van der Waals surface area contributed by atoms with Crippen LogP contribution in [0.4, 0.5) is 5.69 Å². The van der Waals surface area contributed by atoms with Gasteiger partial charge in [0.2, 0.25) is 0 Å². The van der Waals surface area contributed by atoms with E-state index < -0.39 is 10.0 Å². The summed E-state index contributed by atoms with van der Waals surface area (Å²) in [7, 11) is -3.86. The van der Waals surface area contributed by atoms with Gasteiger partial charge < -0.3 is 5.11 Å². The van der Waals surface area contributed by atoms with E-state index >= 15 is 0 Å². The molecule has 0 aliphatic carbocycles. The van der Waals surface area contributed by atoms with E-state index in [0.717, 1.165) is 14.6 Å². The highest BCUT2D eigenvalue weighted by atomic mass is 79.9. The minimum Gasteiger partial charge on any atom is -0.506 e. The van der Waals surface area contributed by atoms with E-state index in [1.807, 2.05) is 24.3 Å². The lowest BCUT2D eigenvalue weighted by atomic mass is 10.1. The molecular weight excluding hydrogens is 528 g/mol. The second kappa shape index (κ2) is 8.40. The van der Waals surface area contributed by atoms with Crippen molar-refractivity contribution in [3.05, 3.63) is 83.3 Å². The SMILES string of the molecule is O=S(=O)(Nc1cc(Sc2nc3ccccc3s2)c(O)c2ccccc12)c1ccccc1Br. The Morgan fingerprint density at radius 1 is 0.938 bits per heavy atom. The minimum atomic E-state index is -3.86. The number of nitrogens with zero attached hydrogens (tertiary/aromatic N) is 1. The molecule has 0 bridgehead atoms. The fourth-order valence-electron chi connectivity index (χ4n) is 3.35. The summed E-state index contributed by atoms with van der Waals surface area (Å²) in [6.07, 6.45) is 0. The number of phenols is 1. The van der Waals surface area contributed by atoms with Crippen LogP contribution in [0.1, 0.15) is 0 Å². The number of aromatic nitrogens is 1. The molecule has 0 spiro atoms. The second-order valence-corrected chi connectivity index (χ2v) is 11.7. The number of benzene rings is 4. The van der Waals surface area contributed by atoms with Crippen LogP contribution in [0.2, 0.25) is 0 Å². The number of anilines is 1. The molecule has 0 radical (unpaired) electrons. The van der Waals surface area contributed by atoms with Crippen molar-refractivity contribution >= 4 is 75.7 Å². The predicted molar refractivity (Wildman–Crippen MR) is 134 cm³/mol. The van der Waals surface area contributed by atoms with Crippen LogP contribution in [0.25, 0.3) is 21.0 Å². The number of para-hydroxylation sites is 1. The summed E-state index contributed by atoms with van der Waals surface area (Å²) < 4.78 is 31.2. The summed E-state index contributed by atoms with van der Waals surface area (Å²) in [5.74, 6) is 0.0914. The summed E-state index contributed by atoms with van der Waals surface area (Å²) in [5, 5.41) is 12.1. The quantitative estimate of drug-likeness (QED) is 0.237. The van der Waals surface area contributed by atoms with Crippen LogP contribution in [-0.4, -0.2) is 18.5 Å². The first-order chi connectivity index (χ1) is 15.4. The molecule has 160 valence electrons. The molecule has 2 N–H and O–H groups in total. The standard InChI is InChI=1S/C23H15BrN2O3S3/c24-16-9-3-6-12-21(16)32(28,29)26-18-13-20(22(27)15-8-2-1-7-14(15)18)31-23-25-17-10-4-5-11-19(17)30-23/h1-13,26-27H. The van der Waals surface area contributed by atoms with Gasteiger partial charge in [-0.25, -0.2) is 13.4 Å². The molecule has 0 unspecified atom stereocenters.